The van der Waals surface area contributed by atoms with Gasteiger partial charge in [-0.1, -0.05) is 33.1 Å². The molecule has 0 saturated heterocycles. The molecule has 1 fully saturated rings. The number of amides is 1. The van der Waals surface area contributed by atoms with Gasteiger partial charge in [-0.2, -0.15) is 0 Å². The van der Waals surface area contributed by atoms with Crippen LogP contribution in [0.3, 0.4) is 0 Å². The molecule has 1 saturated carbocycles. The molecule has 1 amide bonds. The monoisotopic (exact) mass is 177 g/mol. The van der Waals surface area contributed by atoms with Crippen LogP contribution in [-0.2, 0) is 4.79 Å². The van der Waals surface area contributed by atoms with Crippen LogP contribution in [0.4, 0.5) is 0 Å². The number of carbonyl (C=O) groups excluding carboxylic acids is 1. The Balaban J connectivity index is 0.00000144. The fraction of sp³-hybridized carbons (Fsp3) is 0.900. The number of primary amides is 1. The van der Waals surface area contributed by atoms with Crippen molar-refractivity contribution < 1.29 is 4.79 Å². The van der Waals surface area contributed by atoms with Gasteiger partial charge in [0.1, 0.15) is 0 Å². The normalized spacial score (nSPS) is 20.8. The van der Waals surface area contributed by atoms with Gasteiger partial charge in [-0.25, -0.2) is 0 Å². The van der Waals surface area contributed by atoms with Gasteiger partial charge in [0.25, 0.3) is 0 Å². The van der Waals surface area contributed by atoms with E-state index in [2.05, 4.69) is 13.8 Å². The van der Waals surface area contributed by atoms with E-state index in [1.165, 1.54) is 19.3 Å². The fourth-order valence-electron chi connectivity index (χ4n) is 2.29. The zero-order chi connectivity index (χ0) is 9.19. The van der Waals surface area contributed by atoms with Crippen molar-refractivity contribution in [1.29, 1.82) is 0 Å². The van der Waals surface area contributed by atoms with E-state index < -0.39 is 0 Å². The second-order valence-electron chi connectivity index (χ2n) is 4.24. The minimum atomic E-state index is -0.182. The quantitative estimate of drug-likeness (QED) is 0.637. The minimum absolute atomic E-state index is 0. The molecule has 0 heterocycles. The van der Waals surface area contributed by atoms with Crippen molar-refractivity contribution in [3.63, 3.8) is 0 Å². The second kappa shape index (κ2) is 5.07. The van der Waals surface area contributed by atoms with Crippen molar-refractivity contribution in [2.45, 2.75) is 46.0 Å². The SMILES string of the molecule is CC(C)C1(C(N)=O)CCCCC1.[LiH]. The predicted molar refractivity (Wildman–Crippen MR) is 56.7 cm³/mol. The van der Waals surface area contributed by atoms with Gasteiger partial charge in [-0.05, 0) is 18.8 Å². The van der Waals surface area contributed by atoms with Crippen molar-refractivity contribution in [1.82, 2.24) is 0 Å². The van der Waals surface area contributed by atoms with Crippen LogP contribution < -0.4 is 5.73 Å². The average Bonchev–Trinajstić information content (AvgIpc) is 2.05. The zero-order valence-electron chi connectivity index (χ0n) is 8.10. The number of hydrogen-bond acceptors (Lipinski definition) is 1. The average molecular weight is 177 g/mol. The molecule has 72 valence electrons. The van der Waals surface area contributed by atoms with Crippen LogP contribution in [-0.4, -0.2) is 24.8 Å². The molecule has 0 aliphatic heterocycles. The Morgan fingerprint density at radius 2 is 1.69 bits per heavy atom. The summed E-state index contributed by atoms with van der Waals surface area (Å²) in [5.74, 6) is 0.313. The summed E-state index contributed by atoms with van der Waals surface area (Å²) in [5.41, 5.74) is 5.28. The van der Waals surface area contributed by atoms with E-state index in [1.807, 2.05) is 0 Å². The molecule has 1 rings (SSSR count). The predicted octanol–water partition coefficient (Wildman–Crippen LogP) is 1.43. The van der Waals surface area contributed by atoms with E-state index in [0.717, 1.165) is 12.8 Å². The van der Waals surface area contributed by atoms with E-state index >= 15 is 0 Å². The molecule has 3 heteroatoms. The van der Waals surface area contributed by atoms with E-state index in [4.69, 9.17) is 5.73 Å². The second-order valence-corrected chi connectivity index (χ2v) is 4.24. The van der Waals surface area contributed by atoms with Crippen LogP contribution in [0.15, 0.2) is 0 Å². The van der Waals surface area contributed by atoms with Crippen molar-refractivity contribution in [2.75, 3.05) is 0 Å². The maximum absolute atomic E-state index is 11.3. The molecule has 13 heavy (non-hydrogen) atoms. The first-order chi connectivity index (χ1) is 5.59. The maximum atomic E-state index is 11.3. The Hall–Kier alpha value is 0.0674. The Labute approximate surface area is 92.8 Å². The molecule has 2 nitrogen and oxygen atoms in total. The number of nitrogens with two attached hydrogens (primary N) is 1. The molecule has 0 atom stereocenters. The molecule has 0 aromatic carbocycles. The van der Waals surface area contributed by atoms with Crippen molar-refractivity contribution in [2.24, 2.45) is 17.1 Å². The van der Waals surface area contributed by atoms with E-state index in [9.17, 15) is 4.79 Å². The summed E-state index contributed by atoms with van der Waals surface area (Å²) in [6.45, 7) is 4.21. The molecule has 0 unspecified atom stereocenters. The van der Waals surface area contributed by atoms with Gasteiger partial charge in [0, 0.05) is 0 Å². The summed E-state index contributed by atoms with van der Waals surface area (Å²) < 4.78 is 0. The third-order valence-electron chi connectivity index (χ3n) is 3.34. The third-order valence-corrected chi connectivity index (χ3v) is 3.34. The Bertz CT molecular complexity index is 174. The number of rotatable bonds is 2. The van der Waals surface area contributed by atoms with Crippen molar-refractivity contribution >= 4 is 24.8 Å². The van der Waals surface area contributed by atoms with E-state index in [-0.39, 0.29) is 30.2 Å². The van der Waals surface area contributed by atoms with Crippen LogP contribution in [0, 0.1) is 11.3 Å². The summed E-state index contributed by atoms with van der Waals surface area (Å²) in [4.78, 5) is 11.3. The molecule has 0 radical (unpaired) electrons. The fourth-order valence-corrected chi connectivity index (χ4v) is 2.29. The molecule has 1 aliphatic rings. The summed E-state index contributed by atoms with van der Waals surface area (Å²) in [7, 11) is 0. The first-order valence-corrected chi connectivity index (χ1v) is 4.89. The molecule has 0 spiro atoms. The topological polar surface area (TPSA) is 43.1 Å². The standard InChI is InChI=1S/C10H19NO.Li.H/c1-8(2)10(9(11)12)6-4-3-5-7-10;;/h8H,3-7H2,1-2H3,(H2,11,12);;. The van der Waals surface area contributed by atoms with Crippen LogP contribution in [0.5, 0.6) is 0 Å². The molecule has 2 N–H and O–H groups in total. The van der Waals surface area contributed by atoms with Gasteiger partial charge in [0.15, 0.2) is 0 Å². The Kier molecular flexibility index (Phi) is 5.10. The van der Waals surface area contributed by atoms with Crippen LogP contribution in [0.2, 0.25) is 0 Å². The summed E-state index contributed by atoms with van der Waals surface area (Å²) in [6, 6.07) is 0. The zero-order valence-corrected chi connectivity index (χ0v) is 8.10. The molecular formula is C10H20LiNO. The number of carbonyl (C=O) groups is 1. The molecular weight excluding hydrogens is 157 g/mol. The summed E-state index contributed by atoms with van der Waals surface area (Å²) in [5, 5.41) is 0. The van der Waals surface area contributed by atoms with Gasteiger partial charge in [-0.15, -0.1) is 0 Å². The van der Waals surface area contributed by atoms with Gasteiger partial charge < -0.3 is 5.73 Å². The van der Waals surface area contributed by atoms with E-state index in [1.54, 1.807) is 0 Å². The van der Waals surface area contributed by atoms with Gasteiger partial charge >= 0.3 is 18.9 Å². The van der Waals surface area contributed by atoms with Gasteiger partial charge in [0.05, 0.1) is 5.41 Å². The number of hydrogen-bond donors (Lipinski definition) is 1. The van der Waals surface area contributed by atoms with Crippen LogP contribution in [0.1, 0.15) is 46.0 Å². The Morgan fingerprint density at radius 3 is 1.92 bits per heavy atom. The third kappa shape index (κ3) is 2.51. The van der Waals surface area contributed by atoms with Gasteiger partial charge in [-0.3, -0.25) is 4.79 Å². The van der Waals surface area contributed by atoms with Crippen LogP contribution >= 0.6 is 0 Å². The van der Waals surface area contributed by atoms with Crippen molar-refractivity contribution in [3.05, 3.63) is 0 Å². The van der Waals surface area contributed by atoms with Crippen molar-refractivity contribution in [3.8, 4) is 0 Å². The van der Waals surface area contributed by atoms with E-state index in [0.29, 0.717) is 5.92 Å². The molecule has 0 aromatic rings. The molecule has 0 aromatic heterocycles. The van der Waals surface area contributed by atoms with Gasteiger partial charge in [0.2, 0.25) is 5.91 Å². The first kappa shape index (κ1) is 13.1. The molecule has 1 aliphatic carbocycles. The molecule has 0 bridgehead atoms. The first-order valence-electron chi connectivity index (χ1n) is 4.89. The Morgan fingerprint density at radius 1 is 1.23 bits per heavy atom. The summed E-state index contributed by atoms with van der Waals surface area (Å²) >= 11 is 0. The van der Waals surface area contributed by atoms with Crippen LogP contribution in [0.25, 0.3) is 0 Å². The summed E-state index contributed by atoms with van der Waals surface area (Å²) in [6.07, 6.45) is 5.60.